The topological polar surface area (TPSA) is 88.8 Å². The number of hydrogen-bond acceptors (Lipinski definition) is 4. The summed E-state index contributed by atoms with van der Waals surface area (Å²) in [6, 6.07) is 12.7. The molecule has 0 aliphatic heterocycles. The summed E-state index contributed by atoms with van der Waals surface area (Å²) in [7, 11) is 1.68. The van der Waals surface area contributed by atoms with Gasteiger partial charge in [-0.15, -0.1) is 0 Å². The van der Waals surface area contributed by atoms with Crippen LogP contribution in [0.25, 0.3) is 0 Å². The van der Waals surface area contributed by atoms with E-state index in [-0.39, 0.29) is 5.69 Å². The third kappa shape index (κ3) is 6.29. The van der Waals surface area contributed by atoms with Crippen molar-refractivity contribution in [3.63, 3.8) is 0 Å². The molecule has 0 atom stereocenters. The third-order valence-electron chi connectivity index (χ3n) is 4.09. The van der Waals surface area contributed by atoms with Crippen LogP contribution < -0.4 is 15.4 Å². The van der Waals surface area contributed by atoms with E-state index < -0.39 is 4.92 Å². The highest BCUT2D eigenvalue weighted by molar-refractivity contribution is 5.79. The first kappa shape index (κ1) is 20.2. The van der Waals surface area contributed by atoms with Crippen LogP contribution in [0.4, 0.5) is 5.69 Å². The van der Waals surface area contributed by atoms with Crippen molar-refractivity contribution < 1.29 is 9.66 Å². The highest BCUT2D eigenvalue weighted by Crippen LogP contribution is 2.19. The molecule has 2 rings (SSSR count). The van der Waals surface area contributed by atoms with Crippen molar-refractivity contribution >= 4 is 11.6 Å². The lowest BCUT2D eigenvalue weighted by Crippen LogP contribution is -2.38. The maximum Gasteiger partial charge on any atom is 0.269 e. The molecule has 0 saturated carbocycles. The second-order valence-corrected chi connectivity index (χ2v) is 6.10. The van der Waals surface area contributed by atoms with Gasteiger partial charge in [0.15, 0.2) is 5.96 Å². The molecule has 2 aromatic rings. The summed E-state index contributed by atoms with van der Waals surface area (Å²) in [4.78, 5) is 14.8. The van der Waals surface area contributed by atoms with Gasteiger partial charge < -0.3 is 15.4 Å². The fraction of sp³-hybridized carbons (Fsp3) is 0.350. The predicted octanol–water partition coefficient (Wildman–Crippen LogP) is 3.21. The van der Waals surface area contributed by atoms with E-state index in [9.17, 15) is 10.1 Å². The molecule has 0 radical (unpaired) electrons. The van der Waals surface area contributed by atoms with Crippen molar-refractivity contribution in [1.82, 2.24) is 10.6 Å². The Morgan fingerprint density at radius 2 is 1.85 bits per heavy atom. The second kappa shape index (κ2) is 10.2. The largest absolute Gasteiger partial charge is 0.496 e. The van der Waals surface area contributed by atoms with Gasteiger partial charge in [-0.3, -0.25) is 10.1 Å². The van der Waals surface area contributed by atoms with Crippen LogP contribution in [-0.4, -0.2) is 31.1 Å². The normalized spacial score (nSPS) is 11.1. The van der Waals surface area contributed by atoms with Gasteiger partial charge in [0, 0.05) is 25.2 Å². The highest BCUT2D eigenvalue weighted by atomic mass is 16.6. The van der Waals surface area contributed by atoms with Gasteiger partial charge in [0.05, 0.1) is 18.6 Å². The summed E-state index contributed by atoms with van der Waals surface area (Å²) in [6.45, 7) is 5.97. The summed E-state index contributed by atoms with van der Waals surface area (Å²) in [6.07, 6.45) is 0.846. The molecule has 0 unspecified atom stereocenters. The smallest absolute Gasteiger partial charge is 0.269 e. The van der Waals surface area contributed by atoms with Gasteiger partial charge in [0.1, 0.15) is 5.75 Å². The Morgan fingerprint density at radius 1 is 1.15 bits per heavy atom. The molecule has 0 bridgehead atoms. The fourth-order valence-electron chi connectivity index (χ4n) is 2.58. The minimum absolute atomic E-state index is 0.0845. The molecule has 0 aromatic heterocycles. The van der Waals surface area contributed by atoms with E-state index in [1.165, 1.54) is 17.7 Å². The Balaban J connectivity index is 1.92. The summed E-state index contributed by atoms with van der Waals surface area (Å²) in [5, 5.41) is 17.2. The van der Waals surface area contributed by atoms with Crippen molar-refractivity contribution in [3.8, 4) is 5.75 Å². The lowest BCUT2D eigenvalue weighted by atomic mass is 10.1. The number of aliphatic imine (C=N–C) groups is 1. The van der Waals surface area contributed by atoms with Crippen LogP contribution in [0.3, 0.4) is 0 Å². The van der Waals surface area contributed by atoms with Crippen molar-refractivity contribution in [2.24, 2.45) is 4.99 Å². The van der Waals surface area contributed by atoms with Crippen molar-refractivity contribution in [2.45, 2.75) is 26.8 Å². The number of benzene rings is 2. The van der Waals surface area contributed by atoms with E-state index in [1.807, 2.05) is 13.8 Å². The quantitative estimate of drug-likeness (QED) is 0.322. The van der Waals surface area contributed by atoms with Gasteiger partial charge in [0.2, 0.25) is 0 Å². The minimum atomic E-state index is -0.404. The van der Waals surface area contributed by atoms with Crippen LogP contribution in [0.2, 0.25) is 0 Å². The number of non-ortho nitro benzene ring substituents is 1. The van der Waals surface area contributed by atoms with Crippen LogP contribution in [-0.2, 0) is 13.0 Å². The second-order valence-electron chi connectivity index (χ2n) is 6.10. The molecule has 0 saturated heterocycles. The molecule has 0 aliphatic rings. The maximum atomic E-state index is 10.7. The first-order chi connectivity index (χ1) is 13.0. The molecule has 27 heavy (non-hydrogen) atoms. The number of rotatable bonds is 8. The number of nitro groups is 1. The van der Waals surface area contributed by atoms with E-state index in [0.29, 0.717) is 6.54 Å². The van der Waals surface area contributed by atoms with Crippen molar-refractivity contribution in [1.29, 1.82) is 0 Å². The van der Waals surface area contributed by atoms with Crippen LogP contribution in [0.5, 0.6) is 5.75 Å². The molecule has 0 aliphatic carbocycles. The Kier molecular flexibility index (Phi) is 7.61. The molecular weight excluding hydrogens is 344 g/mol. The van der Waals surface area contributed by atoms with Crippen LogP contribution >= 0.6 is 0 Å². The van der Waals surface area contributed by atoms with Gasteiger partial charge in [-0.1, -0.05) is 24.3 Å². The van der Waals surface area contributed by atoms with Gasteiger partial charge in [-0.2, -0.15) is 0 Å². The average molecular weight is 370 g/mol. The molecule has 0 amide bonds. The molecule has 0 fully saturated rings. The van der Waals surface area contributed by atoms with Gasteiger partial charge in [0.25, 0.3) is 5.69 Å². The molecule has 7 heteroatoms. The number of nitrogens with zero attached hydrogens (tertiary/aromatic N) is 2. The molecule has 0 heterocycles. The first-order valence-electron chi connectivity index (χ1n) is 8.92. The first-order valence-corrected chi connectivity index (χ1v) is 8.92. The summed E-state index contributed by atoms with van der Waals surface area (Å²) in [5.41, 5.74) is 3.31. The Hall–Kier alpha value is -3.09. The lowest BCUT2D eigenvalue weighted by molar-refractivity contribution is -0.384. The van der Waals surface area contributed by atoms with Crippen LogP contribution in [0.15, 0.2) is 47.5 Å². The number of nitrogens with one attached hydrogen (secondary N) is 2. The summed E-state index contributed by atoms with van der Waals surface area (Å²) in [5.74, 6) is 1.61. The van der Waals surface area contributed by atoms with E-state index in [0.717, 1.165) is 42.3 Å². The maximum absolute atomic E-state index is 10.7. The SMILES string of the molecule is CCNC(=NCc1ccc([N+](=O)[O-])cc1)NCCc1ccc(C)c(OC)c1. The van der Waals surface area contributed by atoms with E-state index in [1.54, 1.807) is 19.2 Å². The predicted molar refractivity (Wildman–Crippen MR) is 107 cm³/mol. The Labute approximate surface area is 159 Å². The zero-order chi connectivity index (χ0) is 19.6. The zero-order valence-corrected chi connectivity index (χ0v) is 16.0. The lowest BCUT2D eigenvalue weighted by Gasteiger charge is -2.12. The van der Waals surface area contributed by atoms with Crippen LogP contribution in [0, 0.1) is 17.0 Å². The number of aryl methyl sites for hydroxylation is 1. The number of ether oxygens (including phenoxy) is 1. The van der Waals surface area contributed by atoms with Crippen molar-refractivity contribution in [3.05, 3.63) is 69.3 Å². The Morgan fingerprint density at radius 3 is 2.48 bits per heavy atom. The van der Waals surface area contributed by atoms with Gasteiger partial charge in [-0.05, 0) is 43.0 Å². The molecule has 7 nitrogen and oxygen atoms in total. The van der Waals surface area contributed by atoms with E-state index in [2.05, 4.69) is 33.8 Å². The third-order valence-corrected chi connectivity index (χ3v) is 4.09. The van der Waals surface area contributed by atoms with E-state index >= 15 is 0 Å². The van der Waals surface area contributed by atoms with Crippen LogP contribution in [0.1, 0.15) is 23.6 Å². The number of nitro benzene ring substituents is 1. The molecule has 2 aromatic carbocycles. The number of methoxy groups -OCH3 is 1. The van der Waals surface area contributed by atoms with Gasteiger partial charge >= 0.3 is 0 Å². The van der Waals surface area contributed by atoms with Gasteiger partial charge in [-0.25, -0.2) is 4.99 Å². The molecule has 2 N–H and O–H groups in total. The standard InChI is InChI=1S/C20H26N4O3/c1-4-21-20(23-14-17-7-9-18(10-8-17)24(25)26)22-12-11-16-6-5-15(2)19(13-16)27-3/h5-10,13H,4,11-12,14H2,1-3H3,(H2,21,22,23). The summed E-state index contributed by atoms with van der Waals surface area (Å²) >= 11 is 0. The fourth-order valence-corrected chi connectivity index (χ4v) is 2.58. The summed E-state index contributed by atoms with van der Waals surface area (Å²) < 4.78 is 5.36. The number of hydrogen-bond donors (Lipinski definition) is 2. The number of guanidine groups is 1. The highest BCUT2D eigenvalue weighted by Gasteiger charge is 2.04. The molecular formula is C20H26N4O3. The van der Waals surface area contributed by atoms with Crippen molar-refractivity contribution in [2.75, 3.05) is 20.2 Å². The average Bonchev–Trinajstić information content (AvgIpc) is 2.67. The Bertz CT molecular complexity index is 788. The minimum Gasteiger partial charge on any atom is -0.496 e. The molecule has 144 valence electrons. The van der Waals surface area contributed by atoms with E-state index in [4.69, 9.17) is 4.74 Å². The molecule has 0 spiro atoms. The zero-order valence-electron chi connectivity index (χ0n) is 16.0. The monoisotopic (exact) mass is 370 g/mol.